The van der Waals surface area contributed by atoms with Crippen molar-refractivity contribution in [1.29, 1.82) is 0 Å². The fraction of sp³-hybridized carbons (Fsp3) is 0.304. The molecule has 3 rings (SSSR count). The Labute approximate surface area is 184 Å². The third-order valence-electron chi connectivity index (χ3n) is 5.01. The Morgan fingerprint density at radius 2 is 1.79 bits per heavy atom. The lowest BCUT2D eigenvalue weighted by molar-refractivity contribution is -0.134. The number of amides is 1. The molecule has 0 atom stereocenters. The minimum absolute atomic E-state index is 0.118. The summed E-state index contributed by atoms with van der Waals surface area (Å²) in [7, 11) is 0. The van der Waals surface area contributed by atoms with Gasteiger partial charge in [-0.15, -0.1) is 0 Å². The molecule has 6 heteroatoms. The predicted octanol–water partition coefficient (Wildman–Crippen LogP) is 5.60. The summed E-state index contributed by atoms with van der Waals surface area (Å²) in [6.07, 6.45) is 7.45. The highest BCUT2D eigenvalue weighted by atomic mass is 127. The molecule has 0 saturated heterocycles. The number of para-hydroxylation sites is 1. The van der Waals surface area contributed by atoms with Gasteiger partial charge >= 0.3 is 5.97 Å². The highest BCUT2D eigenvalue weighted by Crippen LogP contribution is 2.29. The summed E-state index contributed by atoms with van der Waals surface area (Å²) in [5.74, 6) is 0.613. The molecule has 0 heterocycles. The molecule has 1 amide bonds. The summed E-state index contributed by atoms with van der Waals surface area (Å²) in [5.41, 5.74) is 0.557. The third-order valence-corrected chi connectivity index (χ3v) is 5.91. The first-order valence-corrected chi connectivity index (χ1v) is 10.9. The van der Waals surface area contributed by atoms with E-state index in [-0.39, 0.29) is 11.6 Å². The second-order valence-corrected chi connectivity index (χ2v) is 8.36. The number of carbonyl (C=O) groups excluding carboxylic acids is 1. The number of hydrogen-bond donors (Lipinski definition) is 2. The van der Waals surface area contributed by atoms with Crippen molar-refractivity contribution in [2.24, 2.45) is 5.92 Å². The highest BCUT2D eigenvalue weighted by Gasteiger charge is 2.17. The maximum absolute atomic E-state index is 12.2. The van der Waals surface area contributed by atoms with Crippen LogP contribution in [0.5, 0.6) is 11.5 Å². The molecule has 29 heavy (non-hydrogen) atoms. The van der Waals surface area contributed by atoms with Gasteiger partial charge in [0, 0.05) is 6.42 Å². The van der Waals surface area contributed by atoms with Crippen molar-refractivity contribution in [3.8, 4) is 11.5 Å². The van der Waals surface area contributed by atoms with Crippen LogP contribution in [-0.2, 0) is 9.59 Å². The molecule has 0 aromatic heterocycles. The van der Waals surface area contributed by atoms with E-state index in [1.165, 1.54) is 31.8 Å². The predicted molar refractivity (Wildman–Crippen MR) is 121 cm³/mol. The van der Waals surface area contributed by atoms with Crippen LogP contribution < -0.4 is 10.1 Å². The van der Waals surface area contributed by atoms with Crippen LogP contribution in [0.25, 0.3) is 6.08 Å². The van der Waals surface area contributed by atoms with Crippen LogP contribution in [0.4, 0.5) is 0 Å². The molecule has 1 saturated carbocycles. The van der Waals surface area contributed by atoms with Crippen LogP contribution in [0, 0.1) is 9.49 Å². The van der Waals surface area contributed by atoms with E-state index in [1.807, 2.05) is 24.3 Å². The van der Waals surface area contributed by atoms with E-state index in [0.29, 0.717) is 23.7 Å². The molecule has 0 bridgehead atoms. The number of ether oxygens (including phenoxy) is 1. The van der Waals surface area contributed by atoms with Gasteiger partial charge in [-0.05, 0) is 70.8 Å². The zero-order chi connectivity index (χ0) is 20.6. The van der Waals surface area contributed by atoms with E-state index in [1.54, 1.807) is 24.3 Å². The fourth-order valence-corrected chi connectivity index (χ4v) is 3.95. The summed E-state index contributed by atoms with van der Waals surface area (Å²) in [6.45, 7) is 0. The molecule has 1 fully saturated rings. The van der Waals surface area contributed by atoms with Crippen LogP contribution in [0.15, 0.2) is 54.2 Å². The molecule has 1 aliphatic rings. The van der Waals surface area contributed by atoms with Crippen LogP contribution in [0.1, 0.15) is 44.1 Å². The SMILES string of the molecule is O=C(CCC1CCCC1)NC(=Cc1ccc(Oc2ccccc2I)cc1)C(=O)O. The Kier molecular flexibility index (Phi) is 7.69. The minimum Gasteiger partial charge on any atom is -0.477 e. The molecule has 2 aromatic rings. The number of hydrogen-bond acceptors (Lipinski definition) is 3. The van der Waals surface area contributed by atoms with Crippen LogP contribution in [-0.4, -0.2) is 17.0 Å². The van der Waals surface area contributed by atoms with Gasteiger partial charge in [0.1, 0.15) is 17.2 Å². The second kappa shape index (κ2) is 10.4. The number of benzene rings is 2. The number of nitrogens with one attached hydrogen (secondary N) is 1. The number of carboxylic acid groups (broad SMARTS) is 1. The molecule has 0 radical (unpaired) electrons. The molecule has 0 aliphatic heterocycles. The highest BCUT2D eigenvalue weighted by molar-refractivity contribution is 14.1. The monoisotopic (exact) mass is 505 g/mol. The molecular weight excluding hydrogens is 481 g/mol. The summed E-state index contributed by atoms with van der Waals surface area (Å²) in [5, 5.41) is 12.0. The van der Waals surface area contributed by atoms with E-state index >= 15 is 0 Å². The van der Waals surface area contributed by atoms with E-state index in [0.717, 1.165) is 15.7 Å². The Morgan fingerprint density at radius 3 is 2.45 bits per heavy atom. The fourth-order valence-electron chi connectivity index (χ4n) is 3.45. The second-order valence-electron chi connectivity index (χ2n) is 7.20. The molecule has 1 aliphatic carbocycles. The van der Waals surface area contributed by atoms with Crippen LogP contribution in [0.3, 0.4) is 0 Å². The first-order chi connectivity index (χ1) is 14.0. The normalized spacial score (nSPS) is 14.6. The van der Waals surface area contributed by atoms with Gasteiger partial charge in [0.25, 0.3) is 0 Å². The molecule has 152 valence electrons. The lowest BCUT2D eigenvalue weighted by atomic mass is 10.0. The quantitative estimate of drug-likeness (QED) is 0.362. The molecule has 2 N–H and O–H groups in total. The summed E-state index contributed by atoms with van der Waals surface area (Å²) < 4.78 is 6.85. The van der Waals surface area contributed by atoms with Gasteiger partial charge < -0.3 is 15.2 Å². The lowest BCUT2D eigenvalue weighted by Gasteiger charge is -2.10. The van der Waals surface area contributed by atoms with Crippen molar-refractivity contribution in [1.82, 2.24) is 5.32 Å². The van der Waals surface area contributed by atoms with Gasteiger partial charge in [-0.3, -0.25) is 4.79 Å². The Morgan fingerprint density at radius 1 is 1.10 bits per heavy atom. The maximum atomic E-state index is 12.2. The van der Waals surface area contributed by atoms with Crippen molar-refractivity contribution < 1.29 is 19.4 Å². The Hall–Kier alpha value is -2.35. The first-order valence-electron chi connectivity index (χ1n) is 9.78. The topological polar surface area (TPSA) is 75.6 Å². The number of rotatable bonds is 8. The standard InChI is InChI=1S/C23H24INO4/c24-19-7-3-4-8-21(19)29-18-12-9-17(10-13-18)15-20(23(27)28)25-22(26)14-11-16-5-1-2-6-16/h3-4,7-10,12-13,15-16H,1-2,5-6,11,14H2,(H,25,26)(H,27,28). The molecule has 2 aromatic carbocycles. The molecule has 5 nitrogen and oxygen atoms in total. The van der Waals surface area contributed by atoms with Gasteiger partial charge in [0.2, 0.25) is 5.91 Å². The Balaban J connectivity index is 1.61. The van der Waals surface area contributed by atoms with Crippen LogP contribution in [0.2, 0.25) is 0 Å². The van der Waals surface area contributed by atoms with Crippen molar-refractivity contribution >= 4 is 40.5 Å². The smallest absolute Gasteiger partial charge is 0.352 e. The van der Waals surface area contributed by atoms with Gasteiger partial charge in [-0.1, -0.05) is 49.9 Å². The lowest BCUT2D eigenvalue weighted by Crippen LogP contribution is -2.27. The molecule has 0 unspecified atom stereocenters. The van der Waals surface area contributed by atoms with Gasteiger partial charge in [-0.2, -0.15) is 0 Å². The van der Waals surface area contributed by atoms with Gasteiger partial charge in [0.05, 0.1) is 3.57 Å². The van der Waals surface area contributed by atoms with E-state index < -0.39 is 5.97 Å². The van der Waals surface area contributed by atoms with Gasteiger partial charge in [-0.25, -0.2) is 4.79 Å². The zero-order valence-corrected chi connectivity index (χ0v) is 18.2. The number of halogens is 1. The average Bonchev–Trinajstić information content (AvgIpc) is 3.23. The van der Waals surface area contributed by atoms with Gasteiger partial charge in [0.15, 0.2) is 0 Å². The molecule has 0 spiro atoms. The summed E-state index contributed by atoms with van der Waals surface area (Å²) in [4.78, 5) is 23.7. The van der Waals surface area contributed by atoms with E-state index in [9.17, 15) is 14.7 Å². The van der Waals surface area contributed by atoms with Crippen molar-refractivity contribution in [2.75, 3.05) is 0 Å². The van der Waals surface area contributed by atoms with Crippen LogP contribution >= 0.6 is 22.6 Å². The summed E-state index contributed by atoms with van der Waals surface area (Å²) >= 11 is 2.21. The number of carbonyl (C=O) groups is 2. The largest absolute Gasteiger partial charge is 0.477 e. The zero-order valence-electron chi connectivity index (χ0n) is 16.1. The van der Waals surface area contributed by atoms with Crippen molar-refractivity contribution in [2.45, 2.75) is 38.5 Å². The average molecular weight is 505 g/mol. The van der Waals surface area contributed by atoms with E-state index in [4.69, 9.17) is 4.74 Å². The Bertz CT molecular complexity index is 886. The number of aliphatic carboxylic acids is 1. The van der Waals surface area contributed by atoms with Crippen molar-refractivity contribution in [3.63, 3.8) is 0 Å². The third kappa shape index (κ3) is 6.59. The van der Waals surface area contributed by atoms with E-state index in [2.05, 4.69) is 27.9 Å². The number of carboxylic acids is 1. The maximum Gasteiger partial charge on any atom is 0.352 e. The minimum atomic E-state index is -1.15. The first kappa shape index (κ1) is 21.4. The van der Waals surface area contributed by atoms with Crippen molar-refractivity contribution in [3.05, 3.63) is 63.4 Å². The molecular formula is C23H24INO4. The summed E-state index contributed by atoms with van der Waals surface area (Å²) in [6, 6.07) is 14.8.